The lowest BCUT2D eigenvalue weighted by molar-refractivity contribution is -0.145. The van der Waals surface area contributed by atoms with Crippen molar-refractivity contribution >= 4 is 45.0 Å². The highest BCUT2D eigenvalue weighted by Gasteiger charge is 2.58. The molecule has 4 rings (SSSR count). The van der Waals surface area contributed by atoms with E-state index in [0.717, 1.165) is 42.1 Å². The first-order valence-electron chi connectivity index (χ1n) is 8.64. The number of rotatable bonds is 3. The van der Waals surface area contributed by atoms with Gasteiger partial charge in [0.25, 0.3) is 0 Å². The number of ether oxygens (including phenoxy) is 1. The minimum Gasteiger partial charge on any atom is -0.466 e. The largest absolute Gasteiger partial charge is 0.466 e. The predicted molar refractivity (Wildman–Crippen MR) is 103 cm³/mol. The molecule has 1 aromatic heterocycles. The molecule has 1 saturated carbocycles. The number of carbonyl (C=O) groups excluding carboxylic acids is 1. The van der Waals surface area contributed by atoms with Crippen molar-refractivity contribution in [2.75, 3.05) is 6.61 Å². The molecule has 0 aliphatic heterocycles. The second-order valence-corrected chi connectivity index (χ2v) is 8.11. The number of benzene rings is 1. The van der Waals surface area contributed by atoms with E-state index >= 15 is 0 Å². The van der Waals surface area contributed by atoms with Gasteiger partial charge in [-0.15, -0.1) is 0 Å². The average Bonchev–Trinajstić information content (AvgIpc) is 3.30. The molecule has 3 nitrogen and oxygen atoms in total. The van der Waals surface area contributed by atoms with Gasteiger partial charge in [0.05, 0.1) is 21.6 Å². The quantitative estimate of drug-likeness (QED) is 0.481. The molecule has 0 bridgehead atoms. The molecule has 0 amide bonds. The average molecular weight is 451 g/mol. The van der Waals surface area contributed by atoms with E-state index in [1.54, 1.807) is 18.3 Å². The summed E-state index contributed by atoms with van der Waals surface area (Å²) in [5.41, 5.74) is 3.20. The third kappa shape index (κ3) is 2.96. The highest BCUT2D eigenvalue weighted by molar-refractivity contribution is 14.1. The molecule has 0 radical (unpaired) electrons. The van der Waals surface area contributed by atoms with Gasteiger partial charge in [0, 0.05) is 11.6 Å². The van der Waals surface area contributed by atoms with Crippen LogP contribution >= 0.6 is 22.6 Å². The first-order valence-corrected chi connectivity index (χ1v) is 9.72. The fourth-order valence-electron chi connectivity index (χ4n) is 4.01. The van der Waals surface area contributed by atoms with E-state index in [0.29, 0.717) is 10.2 Å². The molecule has 1 fully saturated rings. The Morgan fingerprint density at radius 1 is 1.48 bits per heavy atom. The van der Waals surface area contributed by atoms with Gasteiger partial charge in [0.15, 0.2) is 0 Å². The molecule has 130 valence electrons. The number of carbonyl (C=O) groups is 1. The van der Waals surface area contributed by atoms with Gasteiger partial charge in [0.1, 0.15) is 5.82 Å². The van der Waals surface area contributed by atoms with Crippen LogP contribution in [0.4, 0.5) is 4.39 Å². The minimum absolute atomic E-state index is 0.0506. The number of allylic oxidation sites excluding steroid dienone is 2. The molecule has 2 atom stereocenters. The second kappa shape index (κ2) is 6.34. The summed E-state index contributed by atoms with van der Waals surface area (Å²) in [4.78, 5) is 16.4. The Kier molecular flexibility index (Phi) is 4.30. The highest BCUT2D eigenvalue weighted by atomic mass is 127. The van der Waals surface area contributed by atoms with E-state index in [-0.39, 0.29) is 23.1 Å². The maximum atomic E-state index is 14.0. The maximum Gasteiger partial charge on any atom is 0.309 e. The molecular weight excluding hydrogens is 432 g/mol. The van der Waals surface area contributed by atoms with Crippen molar-refractivity contribution in [1.82, 2.24) is 4.98 Å². The smallest absolute Gasteiger partial charge is 0.309 e. The Labute approximate surface area is 159 Å². The molecule has 1 aromatic carbocycles. The SMILES string of the molecule is CCOC(=O)C1CC12CC=C(c1ccnc3cc(I)c(F)cc13)CC2. The van der Waals surface area contributed by atoms with E-state index in [1.807, 2.05) is 35.6 Å². The molecule has 1 spiro atoms. The normalized spacial score (nSPS) is 25.1. The molecule has 2 aliphatic carbocycles. The lowest BCUT2D eigenvalue weighted by Crippen LogP contribution is -2.16. The summed E-state index contributed by atoms with van der Waals surface area (Å²) in [6.45, 7) is 2.29. The Morgan fingerprint density at radius 2 is 2.32 bits per heavy atom. The number of nitrogens with zero attached hydrogens (tertiary/aromatic N) is 1. The Morgan fingerprint density at radius 3 is 3.04 bits per heavy atom. The maximum absolute atomic E-state index is 14.0. The van der Waals surface area contributed by atoms with Crippen molar-refractivity contribution in [1.29, 1.82) is 0 Å². The molecule has 2 aromatic rings. The van der Waals surface area contributed by atoms with E-state index in [4.69, 9.17) is 4.74 Å². The van der Waals surface area contributed by atoms with Crippen LogP contribution in [0.2, 0.25) is 0 Å². The Balaban J connectivity index is 1.62. The van der Waals surface area contributed by atoms with Crippen LogP contribution in [0.5, 0.6) is 0 Å². The summed E-state index contributed by atoms with van der Waals surface area (Å²) in [6, 6.07) is 5.34. The van der Waals surface area contributed by atoms with Gasteiger partial charge in [0.2, 0.25) is 0 Å². The molecule has 0 saturated heterocycles. The van der Waals surface area contributed by atoms with Crippen LogP contribution in [-0.2, 0) is 9.53 Å². The number of fused-ring (bicyclic) bond motifs is 1. The van der Waals surface area contributed by atoms with Gasteiger partial charge in [-0.3, -0.25) is 9.78 Å². The lowest BCUT2D eigenvalue weighted by Gasteiger charge is -2.23. The number of hydrogen-bond donors (Lipinski definition) is 0. The van der Waals surface area contributed by atoms with Crippen molar-refractivity contribution in [2.24, 2.45) is 11.3 Å². The van der Waals surface area contributed by atoms with Crippen LogP contribution in [0.3, 0.4) is 0 Å². The number of pyridine rings is 1. The summed E-state index contributed by atoms with van der Waals surface area (Å²) >= 11 is 1.99. The summed E-state index contributed by atoms with van der Waals surface area (Å²) in [6.07, 6.45) is 7.73. The zero-order valence-electron chi connectivity index (χ0n) is 14.0. The van der Waals surface area contributed by atoms with Crippen LogP contribution < -0.4 is 0 Å². The van der Waals surface area contributed by atoms with Crippen LogP contribution in [-0.4, -0.2) is 17.6 Å². The number of halogens is 2. The van der Waals surface area contributed by atoms with Crippen LogP contribution in [0.25, 0.3) is 16.5 Å². The summed E-state index contributed by atoms with van der Waals surface area (Å²) in [5.74, 6) is -0.205. The van der Waals surface area contributed by atoms with Crippen molar-refractivity contribution < 1.29 is 13.9 Å². The minimum atomic E-state index is -0.209. The lowest BCUT2D eigenvalue weighted by atomic mass is 9.82. The summed E-state index contributed by atoms with van der Waals surface area (Å²) in [5, 5.41) is 0.861. The topological polar surface area (TPSA) is 39.2 Å². The van der Waals surface area contributed by atoms with Gasteiger partial charge >= 0.3 is 5.97 Å². The van der Waals surface area contributed by atoms with Crippen molar-refractivity contribution in [3.05, 3.63) is 45.4 Å². The summed E-state index contributed by atoms with van der Waals surface area (Å²) < 4.78 is 19.8. The third-order valence-corrected chi connectivity index (χ3v) is 6.36. The first kappa shape index (κ1) is 16.9. The molecule has 25 heavy (non-hydrogen) atoms. The monoisotopic (exact) mass is 451 g/mol. The highest BCUT2D eigenvalue weighted by Crippen LogP contribution is 2.62. The number of esters is 1. The predicted octanol–water partition coefficient (Wildman–Crippen LogP) is 5.12. The number of aromatic nitrogens is 1. The van der Waals surface area contributed by atoms with E-state index in [2.05, 4.69) is 11.1 Å². The summed E-state index contributed by atoms with van der Waals surface area (Å²) in [7, 11) is 0. The van der Waals surface area contributed by atoms with E-state index in [9.17, 15) is 9.18 Å². The molecule has 2 unspecified atom stereocenters. The van der Waals surface area contributed by atoms with E-state index < -0.39 is 0 Å². The van der Waals surface area contributed by atoms with Crippen LogP contribution in [0.15, 0.2) is 30.5 Å². The zero-order chi connectivity index (χ0) is 17.6. The van der Waals surface area contributed by atoms with Gasteiger partial charge in [-0.25, -0.2) is 4.39 Å². The molecule has 0 N–H and O–H groups in total. The second-order valence-electron chi connectivity index (χ2n) is 6.95. The Hall–Kier alpha value is -1.50. The standard InChI is InChI=1S/C20H19FINO2/c1-2-25-19(24)15-11-20(15)6-3-12(4-7-20)13-5-8-23-18-10-17(22)16(21)9-14(13)18/h3,5,8-10,15H,2,4,6-7,11H2,1H3. The third-order valence-electron chi connectivity index (χ3n) is 5.54. The molecule has 1 heterocycles. The first-order chi connectivity index (χ1) is 12.0. The number of hydrogen-bond acceptors (Lipinski definition) is 3. The van der Waals surface area contributed by atoms with E-state index in [1.165, 1.54) is 5.57 Å². The molecule has 2 aliphatic rings. The zero-order valence-corrected chi connectivity index (χ0v) is 16.2. The van der Waals surface area contributed by atoms with Crippen LogP contribution in [0.1, 0.15) is 38.2 Å². The Bertz CT molecular complexity index is 895. The van der Waals surface area contributed by atoms with Crippen molar-refractivity contribution in [3.8, 4) is 0 Å². The van der Waals surface area contributed by atoms with Gasteiger partial charge in [-0.05, 0) is 89.9 Å². The fraction of sp³-hybridized carbons (Fsp3) is 0.400. The molecular formula is C20H19FINO2. The van der Waals surface area contributed by atoms with Crippen molar-refractivity contribution in [3.63, 3.8) is 0 Å². The van der Waals surface area contributed by atoms with Gasteiger partial charge in [-0.2, -0.15) is 0 Å². The van der Waals surface area contributed by atoms with Crippen molar-refractivity contribution in [2.45, 2.75) is 32.6 Å². The van der Waals surface area contributed by atoms with Gasteiger partial charge in [-0.1, -0.05) is 6.08 Å². The van der Waals surface area contributed by atoms with Gasteiger partial charge < -0.3 is 4.74 Å². The molecule has 5 heteroatoms. The van der Waals surface area contributed by atoms with Crippen LogP contribution in [0, 0.1) is 20.7 Å². The fourth-order valence-corrected chi connectivity index (χ4v) is 4.46.